The molecule has 0 aliphatic carbocycles. The second-order valence-corrected chi connectivity index (χ2v) is 6.90. The first-order valence-corrected chi connectivity index (χ1v) is 7.99. The van der Waals surface area contributed by atoms with Gasteiger partial charge in [0, 0.05) is 11.1 Å². The third-order valence-corrected chi connectivity index (χ3v) is 4.80. The molecule has 0 saturated heterocycles. The quantitative estimate of drug-likeness (QED) is 0.691. The molecule has 0 radical (unpaired) electrons. The molecule has 0 N–H and O–H groups in total. The van der Waals surface area contributed by atoms with E-state index in [-0.39, 0.29) is 0 Å². The summed E-state index contributed by atoms with van der Waals surface area (Å²) in [6.45, 7) is 6.96. The number of halogens is 1. The lowest BCUT2D eigenvalue weighted by Crippen LogP contribution is -2.24. The van der Waals surface area contributed by atoms with Crippen LogP contribution in [-0.2, 0) is 5.75 Å². The maximum Gasteiger partial charge on any atom is 0.0184 e. The molecular weight excluding hydrogens is 280 g/mol. The van der Waals surface area contributed by atoms with Gasteiger partial charge in [0.2, 0.25) is 0 Å². The van der Waals surface area contributed by atoms with Crippen molar-refractivity contribution in [2.45, 2.75) is 26.5 Å². The van der Waals surface area contributed by atoms with Gasteiger partial charge in [-0.25, -0.2) is 0 Å². The average molecular weight is 301 g/mol. The van der Waals surface area contributed by atoms with Gasteiger partial charge in [0.05, 0.1) is 0 Å². The molecule has 0 heterocycles. The van der Waals surface area contributed by atoms with E-state index in [2.05, 4.69) is 67.0 Å². The predicted molar refractivity (Wildman–Crippen MR) is 79.3 cm³/mol. The average Bonchev–Trinajstić information content (AvgIpc) is 2.24. The summed E-state index contributed by atoms with van der Waals surface area (Å²) in [5, 5.41) is 1.10. The molecule has 0 fully saturated rings. The van der Waals surface area contributed by atoms with Crippen molar-refractivity contribution in [1.82, 2.24) is 0 Å². The zero-order chi connectivity index (χ0) is 12.0. The maximum atomic E-state index is 3.62. The highest BCUT2D eigenvalue weighted by Crippen LogP contribution is 2.31. The Labute approximate surface area is 112 Å². The van der Waals surface area contributed by atoms with Crippen molar-refractivity contribution in [1.29, 1.82) is 0 Å². The van der Waals surface area contributed by atoms with Crippen molar-refractivity contribution in [3.63, 3.8) is 0 Å². The highest BCUT2D eigenvalue weighted by Gasteiger charge is 2.23. The van der Waals surface area contributed by atoms with E-state index in [4.69, 9.17) is 0 Å². The van der Waals surface area contributed by atoms with E-state index in [0.29, 0.717) is 5.41 Å². The van der Waals surface area contributed by atoms with Crippen LogP contribution >= 0.6 is 27.7 Å². The molecule has 0 spiro atoms. The van der Waals surface area contributed by atoms with E-state index < -0.39 is 0 Å². The first kappa shape index (κ1) is 14.1. The molecule has 1 atom stereocenters. The largest absolute Gasteiger partial charge is 0.157 e. The lowest BCUT2D eigenvalue weighted by molar-refractivity contribution is 0.295. The van der Waals surface area contributed by atoms with E-state index in [1.165, 1.54) is 11.3 Å². The summed E-state index contributed by atoms with van der Waals surface area (Å²) in [6, 6.07) is 10.7. The number of hydrogen-bond donors (Lipinski definition) is 0. The molecule has 0 bridgehead atoms. The van der Waals surface area contributed by atoms with E-state index in [1.807, 2.05) is 11.8 Å². The molecule has 0 amide bonds. The van der Waals surface area contributed by atoms with Gasteiger partial charge in [-0.1, -0.05) is 67.0 Å². The summed E-state index contributed by atoms with van der Waals surface area (Å²) in [4.78, 5) is 0. The summed E-state index contributed by atoms with van der Waals surface area (Å²) < 4.78 is 0. The minimum atomic E-state index is 0.396. The fourth-order valence-electron chi connectivity index (χ4n) is 1.42. The van der Waals surface area contributed by atoms with Crippen LogP contribution in [0.1, 0.15) is 26.3 Å². The van der Waals surface area contributed by atoms with Gasteiger partial charge < -0.3 is 0 Å². The van der Waals surface area contributed by atoms with Crippen molar-refractivity contribution >= 4 is 27.7 Å². The molecule has 1 unspecified atom stereocenters. The predicted octanol–water partition coefficient (Wildman–Crippen LogP) is 4.98. The van der Waals surface area contributed by atoms with Crippen molar-refractivity contribution in [3.05, 3.63) is 35.9 Å². The van der Waals surface area contributed by atoms with Crippen molar-refractivity contribution in [3.8, 4) is 0 Å². The molecule has 0 aliphatic heterocycles. The van der Waals surface area contributed by atoms with Gasteiger partial charge in [0.15, 0.2) is 0 Å². The number of thioether (sulfide) groups is 1. The van der Waals surface area contributed by atoms with Gasteiger partial charge in [-0.15, -0.1) is 0 Å². The number of rotatable bonds is 5. The van der Waals surface area contributed by atoms with Crippen LogP contribution in [0.25, 0.3) is 0 Å². The van der Waals surface area contributed by atoms with Gasteiger partial charge in [-0.3, -0.25) is 0 Å². The topological polar surface area (TPSA) is 0 Å². The third kappa shape index (κ3) is 4.92. The van der Waals surface area contributed by atoms with E-state index in [9.17, 15) is 0 Å². The molecule has 16 heavy (non-hydrogen) atoms. The zero-order valence-electron chi connectivity index (χ0n) is 10.4. The smallest absolute Gasteiger partial charge is 0.0184 e. The molecule has 1 rings (SSSR count). The Morgan fingerprint density at radius 2 is 1.81 bits per heavy atom. The molecule has 1 aromatic carbocycles. The number of alkyl halides is 1. The van der Waals surface area contributed by atoms with Crippen molar-refractivity contribution in [2.24, 2.45) is 11.3 Å². The highest BCUT2D eigenvalue weighted by molar-refractivity contribution is 9.09. The molecule has 90 valence electrons. The van der Waals surface area contributed by atoms with Crippen LogP contribution in [0.15, 0.2) is 30.3 Å². The molecule has 2 heteroatoms. The Morgan fingerprint density at radius 3 is 2.31 bits per heavy atom. The second kappa shape index (κ2) is 6.70. The molecule has 0 nitrogen and oxygen atoms in total. The Kier molecular flexibility index (Phi) is 5.91. The fourth-order valence-corrected chi connectivity index (χ4v) is 4.37. The molecular formula is C14H21BrS. The van der Waals surface area contributed by atoms with Gasteiger partial charge in [-0.2, -0.15) is 11.8 Å². The normalized spacial score (nSPS) is 13.8. The fraction of sp³-hybridized carbons (Fsp3) is 0.571. The van der Waals surface area contributed by atoms with Crippen LogP contribution in [0.5, 0.6) is 0 Å². The zero-order valence-corrected chi connectivity index (χ0v) is 12.8. The monoisotopic (exact) mass is 300 g/mol. The van der Waals surface area contributed by atoms with Gasteiger partial charge >= 0.3 is 0 Å². The summed E-state index contributed by atoms with van der Waals surface area (Å²) in [6.07, 6.45) is 0. The number of benzene rings is 1. The lowest BCUT2D eigenvalue weighted by Gasteiger charge is -2.28. The van der Waals surface area contributed by atoms with E-state index >= 15 is 0 Å². The maximum absolute atomic E-state index is 3.62. The van der Waals surface area contributed by atoms with Gasteiger partial charge in [-0.05, 0) is 22.6 Å². The third-order valence-electron chi connectivity index (χ3n) is 2.84. The summed E-state index contributed by atoms with van der Waals surface area (Å²) in [7, 11) is 0. The summed E-state index contributed by atoms with van der Waals surface area (Å²) >= 11 is 5.66. The first-order chi connectivity index (χ1) is 7.54. The van der Waals surface area contributed by atoms with Crippen LogP contribution in [0.4, 0.5) is 0 Å². The van der Waals surface area contributed by atoms with Crippen LogP contribution in [0.2, 0.25) is 0 Å². The lowest BCUT2D eigenvalue weighted by atomic mass is 9.83. The second-order valence-electron chi connectivity index (χ2n) is 5.22. The van der Waals surface area contributed by atoms with Crippen LogP contribution in [0.3, 0.4) is 0 Å². The van der Waals surface area contributed by atoms with Crippen LogP contribution < -0.4 is 0 Å². The Bertz CT molecular complexity index is 289. The SMILES string of the molecule is CC(C)(C)C(CBr)CSCc1ccccc1. The molecule has 0 aliphatic rings. The summed E-state index contributed by atoms with van der Waals surface area (Å²) in [5.41, 5.74) is 1.82. The minimum Gasteiger partial charge on any atom is -0.157 e. The highest BCUT2D eigenvalue weighted by atomic mass is 79.9. The minimum absolute atomic E-state index is 0.396. The first-order valence-electron chi connectivity index (χ1n) is 5.71. The van der Waals surface area contributed by atoms with E-state index in [1.54, 1.807) is 0 Å². The van der Waals surface area contributed by atoms with Crippen molar-refractivity contribution in [2.75, 3.05) is 11.1 Å². The Hall–Kier alpha value is 0.0500. The number of hydrogen-bond acceptors (Lipinski definition) is 1. The van der Waals surface area contributed by atoms with Crippen molar-refractivity contribution < 1.29 is 0 Å². The van der Waals surface area contributed by atoms with Crippen LogP contribution in [-0.4, -0.2) is 11.1 Å². The summed E-state index contributed by atoms with van der Waals surface area (Å²) in [5.74, 6) is 3.09. The standard InChI is InChI=1S/C14H21BrS/c1-14(2,3)13(9-15)11-16-10-12-7-5-4-6-8-12/h4-8,13H,9-11H2,1-3H3. The van der Waals surface area contributed by atoms with Crippen LogP contribution in [0, 0.1) is 11.3 Å². The molecule has 0 saturated carbocycles. The van der Waals surface area contributed by atoms with E-state index in [0.717, 1.165) is 17.0 Å². The van der Waals surface area contributed by atoms with Gasteiger partial charge in [0.25, 0.3) is 0 Å². The van der Waals surface area contributed by atoms with Gasteiger partial charge in [0.1, 0.15) is 0 Å². The Balaban J connectivity index is 2.35. The Morgan fingerprint density at radius 1 is 1.19 bits per heavy atom. The molecule has 1 aromatic rings. The molecule has 0 aromatic heterocycles.